The summed E-state index contributed by atoms with van der Waals surface area (Å²) in [6.45, 7) is 6.43. The standard InChI is InChI=1S/C11H22N4O2S/c1-5-10(8(2)3)15-18(16,17)11-9(6-12-4)7-13-14-11/h7-8,10,12,15H,5-6H2,1-4H3,(H,13,14). The minimum atomic E-state index is -3.53. The van der Waals surface area contributed by atoms with Gasteiger partial charge < -0.3 is 5.32 Å². The summed E-state index contributed by atoms with van der Waals surface area (Å²) in [6, 6.07) is -0.0688. The van der Waals surface area contributed by atoms with Gasteiger partial charge in [0.15, 0.2) is 5.03 Å². The van der Waals surface area contributed by atoms with Crippen LogP contribution in [-0.2, 0) is 16.6 Å². The lowest BCUT2D eigenvalue weighted by Crippen LogP contribution is -2.38. The van der Waals surface area contributed by atoms with Gasteiger partial charge in [-0.15, -0.1) is 0 Å². The van der Waals surface area contributed by atoms with Crippen LogP contribution in [0.3, 0.4) is 0 Å². The molecule has 0 spiro atoms. The first kappa shape index (κ1) is 15.1. The lowest BCUT2D eigenvalue weighted by atomic mass is 10.0. The van der Waals surface area contributed by atoms with Gasteiger partial charge >= 0.3 is 0 Å². The predicted molar refractivity (Wildman–Crippen MR) is 70.6 cm³/mol. The van der Waals surface area contributed by atoms with E-state index in [2.05, 4.69) is 20.2 Å². The smallest absolute Gasteiger partial charge is 0.258 e. The van der Waals surface area contributed by atoms with Gasteiger partial charge in [-0.1, -0.05) is 20.8 Å². The molecule has 0 aliphatic heterocycles. The molecule has 7 heteroatoms. The molecule has 6 nitrogen and oxygen atoms in total. The molecule has 0 saturated carbocycles. The molecule has 0 bridgehead atoms. The minimum absolute atomic E-state index is 0.0688. The molecule has 1 heterocycles. The molecule has 1 unspecified atom stereocenters. The highest BCUT2D eigenvalue weighted by atomic mass is 32.2. The molecule has 1 atom stereocenters. The Hall–Kier alpha value is -0.920. The van der Waals surface area contributed by atoms with E-state index in [0.717, 1.165) is 6.42 Å². The number of aromatic nitrogens is 2. The fourth-order valence-corrected chi connectivity index (χ4v) is 3.40. The summed E-state index contributed by atoms with van der Waals surface area (Å²) in [7, 11) is -1.77. The van der Waals surface area contributed by atoms with Crippen molar-refractivity contribution in [3.8, 4) is 0 Å². The Morgan fingerprint density at radius 2 is 2.11 bits per heavy atom. The predicted octanol–water partition coefficient (Wildman–Crippen LogP) is 0.842. The zero-order chi connectivity index (χ0) is 13.8. The lowest BCUT2D eigenvalue weighted by molar-refractivity contribution is 0.436. The molecule has 18 heavy (non-hydrogen) atoms. The third-order valence-electron chi connectivity index (χ3n) is 2.87. The lowest BCUT2D eigenvalue weighted by Gasteiger charge is -2.20. The van der Waals surface area contributed by atoms with Crippen LogP contribution in [0.2, 0.25) is 0 Å². The molecule has 0 aromatic carbocycles. The van der Waals surface area contributed by atoms with E-state index in [-0.39, 0.29) is 17.0 Å². The van der Waals surface area contributed by atoms with Crippen LogP contribution in [0, 0.1) is 5.92 Å². The van der Waals surface area contributed by atoms with Gasteiger partial charge in [-0.3, -0.25) is 5.10 Å². The van der Waals surface area contributed by atoms with Gasteiger partial charge in [-0.05, 0) is 19.4 Å². The van der Waals surface area contributed by atoms with Gasteiger partial charge in [0.25, 0.3) is 10.0 Å². The average Bonchev–Trinajstić information content (AvgIpc) is 2.75. The number of nitrogens with one attached hydrogen (secondary N) is 3. The fourth-order valence-electron chi connectivity index (χ4n) is 1.80. The molecule has 0 aliphatic carbocycles. The van der Waals surface area contributed by atoms with Gasteiger partial charge in [0.1, 0.15) is 0 Å². The van der Waals surface area contributed by atoms with E-state index in [1.54, 1.807) is 7.05 Å². The highest BCUT2D eigenvalue weighted by Crippen LogP contribution is 2.15. The van der Waals surface area contributed by atoms with E-state index in [1.807, 2.05) is 20.8 Å². The Bertz CT molecular complexity index is 467. The molecule has 0 amide bonds. The summed E-state index contributed by atoms with van der Waals surface area (Å²) in [6.07, 6.45) is 2.29. The Kier molecular flexibility index (Phi) is 5.30. The van der Waals surface area contributed by atoms with Crippen LogP contribution in [0.4, 0.5) is 0 Å². The van der Waals surface area contributed by atoms with E-state index in [0.29, 0.717) is 12.1 Å². The summed E-state index contributed by atoms with van der Waals surface area (Å²) in [5, 5.41) is 9.43. The van der Waals surface area contributed by atoms with Crippen LogP contribution in [0.5, 0.6) is 0 Å². The second kappa shape index (κ2) is 6.31. The number of hydrogen-bond donors (Lipinski definition) is 3. The van der Waals surface area contributed by atoms with Crippen molar-refractivity contribution in [1.82, 2.24) is 20.2 Å². The Morgan fingerprint density at radius 1 is 1.44 bits per heavy atom. The second-order valence-electron chi connectivity index (χ2n) is 4.63. The molecule has 0 saturated heterocycles. The van der Waals surface area contributed by atoms with Crippen molar-refractivity contribution in [2.75, 3.05) is 7.05 Å². The van der Waals surface area contributed by atoms with Crippen molar-refractivity contribution in [1.29, 1.82) is 0 Å². The van der Waals surface area contributed by atoms with Crippen molar-refractivity contribution in [3.63, 3.8) is 0 Å². The molecule has 0 fully saturated rings. The second-order valence-corrected chi connectivity index (χ2v) is 6.29. The number of H-pyrrole nitrogens is 1. The first-order chi connectivity index (χ1) is 8.42. The van der Waals surface area contributed by atoms with Crippen LogP contribution >= 0.6 is 0 Å². The molecule has 0 radical (unpaired) electrons. The molecule has 104 valence electrons. The minimum Gasteiger partial charge on any atom is -0.316 e. The van der Waals surface area contributed by atoms with E-state index < -0.39 is 10.0 Å². The average molecular weight is 274 g/mol. The first-order valence-electron chi connectivity index (χ1n) is 6.11. The van der Waals surface area contributed by atoms with Gasteiger partial charge in [0.05, 0.1) is 6.20 Å². The molecular formula is C11H22N4O2S. The summed E-state index contributed by atoms with van der Waals surface area (Å²) in [4.78, 5) is 0. The summed E-state index contributed by atoms with van der Waals surface area (Å²) in [5.41, 5.74) is 0.642. The maximum atomic E-state index is 12.3. The highest BCUT2D eigenvalue weighted by Gasteiger charge is 2.24. The number of aromatic amines is 1. The van der Waals surface area contributed by atoms with Crippen molar-refractivity contribution in [3.05, 3.63) is 11.8 Å². The maximum Gasteiger partial charge on any atom is 0.258 e. The summed E-state index contributed by atoms with van der Waals surface area (Å²) >= 11 is 0. The van der Waals surface area contributed by atoms with Crippen LogP contribution in [0.15, 0.2) is 11.2 Å². The maximum absolute atomic E-state index is 12.3. The molecule has 1 rings (SSSR count). The molecule has 1 aromatic rings. The third kappa shape index (κ3) is 3.54. The third-order valence-corrected chi connectivity index (χ3v) is 4.37. The zero-order valence-electron chi connectivity index (χ0n) is 11.3. The van der Waals surface area contributed by atoms with Crippen molar-refractivity contribution >= 4 is 10.0 Å². The van der Waals surface area contributed by atoms with Crippen molar-refractivity contribution < 1.29 is 8.42 Å². The number of hydrogen-bond acceptors (Lipinski definition) is 4. The van der Waals surface area contributed by atoms with E-state index >= 15 is 0 Å². The first-order valence-corrected chi connectivity index (χ1v) is 7.59. The molecule has 1 aromatic heterocycles. The largest absolute Gasteiger partial charge is 0.316 e. The van der Waals surface area contributed by atoms with E-state index in [1.165, 1.54) is 6.20 Å². The number of nitrogens with zero attached hydrogens (tertiary/aromatic N) is 1. The Labute approximate surface area is 109 Å². The van der Waals surface area contributed by atoms with Gasteiger partial charge in [0, 0.05) is 18.2 Å². The Balaban J connectivity index is 2.95. The number of rotatable bonds is 7. The van der Waals surface area contributed by atoms with Crippen LogP contribution in [0.25, 0.3) is 0 Å². The topological polar surface area (TPSA) is 86.9 Å². The van der Waals surface area contributed by atoms with Crippen LogP contribution in [-0.4, -0.2) is 31.7 Å². The van der Waals surface area contributed by atoms with E-state index in [9.17, 15) is 8.42 Å². The van der Waals surface area contributed by atoms with E-state index in [4.69, 9.17) is 0 Å². The zero-order valence-corrected chi connectivity index (χ0v) is 12.1. The van der Waals surface area contributed by atoms with Gasteiger partial charge in [-0.2, -0.15) is 5.10 Å². The summed E-state index contributed by atoms with van der Waals surface area (Å²) in [5.74, 6) is 0.250. The fraction of sp³-hybridized carbons (Fsp3) is 0.727. The highest BCUT2D eigenvalue weighted by molar-refractivity contribution is 7.89. The monoisotopic (exact) mass is 274 g/mol. The van der Waals surface area contributed by atoms with Crippen LogP contribution < -0.4 is 10.0 Å². The number of sulfonamides is 1. The molecule has 3 N–H and O–H groups in total. The normalized spacial score (nSPS) is 14.1. The van der Waals surface area contributed by atoms with Gasteiger partial charge in [-0.25, -0.2) is 13.1 Å². The van der Waals surface area contributed by atoms with Crippen molar-refractivity contribution in [2.24, 2.45) is 5.92 Å². The molecular weight excluding hydrogens is 252 g/mol. The quantitative estimate of drug-likeness (QED) is 0.687. The SMILES string of the molecule is CCC(NS(=O)(=O)c1[nH]ncc1CNC)C(C)C. The van der Waals surface area contributed by atoms with Crippen LogP contribution in [0.1, 0.15) is 32.8 Å². The summed E-state index contributed by atoms with van der Waals surface area (Å²) < 4.78 is 27.2. The van der Waals surface area contributed by atoms with Crippen molar-refractivity contribution in [2.45, 2.75) is 44.8 Å². The Morgan fingerprint density at radius 3 is 2.61 bits per heavy atom. The molecule has 0 aliphatic rings. The van der Waals surface area contributed by atoms with Gasteiger partial charge in [0.2, 0.25) is 0 Å².